The van der Waals surface area contributed by atoms with Crippen molar-refractivity contribution in [2.45, 2.75) is 38.3 Å². The molecule has 116 valence electrons. The molecule has 0 spiro atoms. The second kappa shape index (κ2) is 8.29. The number of aromatic nitrogens is 1. The van der Waals surface area contributed by atoms with Gasteiger partial charge in [-0.2, -0.15) is 0 Å². The molecule has 0 bridgehead atoms. The number of aryl methyl sites for hydroxylation is 1. The summed E-state index contributed by atoms with van der Waals surface area (Å²) in [6, 6.07) is 13.0. The topological polar surface area (TPSA) is 62.2 Å². The van der Waals surface area contributed by atoms with Gasteiger partial charge in [0.2, 0.25) is 0 Å². The van der Waals surface area contributed by atoms with Crippen molar-refractivity contribution in [2.75, 3.05) is 0 Å². The largest absolute Gasteiger partial charge is 0.378 e. The molecule has 2 aromatic rings. The fourth-order valence-corrected chi connectivity index (χ4v) is 2.34. The SMILES string of the molecule is C[C@@H](CCCc1cccnc1)NC(=O)[C@H](O)c1ccccc1. The number of nitrogens with zero attached hydrogens (tertiary/aromatic N) is 1. The minimum Gasteiger partial charge on any atom is -0.378 e. The number of pyridine rings is 1. The van der Waals surface area contributed by atoms with Crippen LogP contribution in [0.25, 0.3) is 0 Å². The van der Waals surface area contributed by atoms with Crippen LogP contribution in [-0.2, 0) is 11.2 Å². The van der Waals surface area contributed by atoms with Gasteiger partial charge >= 0.3 is 0 Å². The van der Waals surface area contributed by atoms with Crippen LogP contribution in [0, 0.1) is 0 Å². The van der Waals surface area contributed by atoms with Gasteiger partial charge in [0, 0.05) is 18.4 Å². The smallest absolute Gasteiger partial charge is 0.253 e. The third kappa shape index (κ3) is 4.97. The fraction of sp³-hybridized carbons (Fsp3) is 0.333. The number of benzene rings is 1. The lowest BCUT2D eigenvalue weighted by atomic mass is 10.1. The number of nitrogens with one attached hydrogen (secondary N) is 1. The first kappa shape index (κ1) is 16.2. The Morgan fingerprint density at radius 2 is 2.00 bits per heavy atom. The van der Waals surface area contributed by atoms with Crippen molar-refractivity contribution in [2.24, 2.45) is 0 Å². The van der Waals surface area contributed by atoms with Crippen LogP contribution in [0.5, 0.6) is 0 Å². The van der Waals surface area contributed by atoms with Crippen molar-refractivity contribution < 1.29 is 9.90 Å². The highest BCUT2D eigenvalue weighted by molar-refractivity contribution is 5.82. The number of rotatable bonds is 7. The van der Waals surface area contributed by atoms with Crippen molar-refractivity contribution in [3.05, 3.63) is 66.0 Å². The minimum atomic E-state index is -1.11. The lowest BCUT2D eigenvalue weighted by Crippen LogP contribution is -2.36. The molecule has 4 heteroatoms. The molecule has 22 heavy (non-hydrogen) atoms. The van der Waals surface area contributed by atoms with E-state index in [0.29, 0.717) is 5.56 Å². The summed E-state index contributed by atoms with van der Waals surface area (Å²) >= 11 is 0. The average Bonchev–Trinajstić information content (AvgIpc) is 2.56. The molecular formula is C18H22N2O2. The molecule has 1 aromatic carbocycles. The van der Waals surface area contributed by atoms with E-state index in [2.05, 4.69) is 16.4 Å². The Morgan fingerprint density at radius 1 is 1.23 bits per heavy atom. The van der Waals surface area contributed by atoms with E-state index in [4.69, 9.17) is 0 Å². The monoisotopic (exact) mass is 298 g/mol. The normalized spacial score (nSPS) is 13.4. The van der Waals surface area contributed by atoms with Crippen molar-refractivity contribution in [3.8, 4) is 0 Å². The molecule has 0 aliphatic rings. The number of carbonyl (C=O) groups is 1. The van der Waals surface area contributed by atoms with E-state index in [1.54, 1.807) is 18.3 Å². The molecule has 1 heterocycles. The van der Waals surface area contributed by atoms with Crippen LogP contribution in [0.1, 0.15) is 37.0 Å². The summed E-state index contributed by atoms with van der Waals surface area (Å²) in [6.07, 6.45) is 5.29. The minimum absolute atomic E-state index is 0.0301. The first-order valence-corrected chi connectivity index (χ1v) is 7.59. The molecule has 2 rings (SSSR count). The van der Waals surface area contributed by atoms with Crippen LogP contribution in [-0.4, -0.2) is 22.0 Å². The fourth-order valence-electron chi connectivity index (χ4n) is 2.34. The number of hydrogen-bond acceptors (Lipinski definition) is 3. The predicted molar refractivity (Wildman–Crippen MR) is 86.2 cm³/mol. The molecule has 0 aliphatic carbocycles. The van der Waals surface area contributed by atoms with Crippen LogP contribution >= 0.6 is 0 Å². The number of aliphatic hydroxyl groups is 1. The van der Waals surface area contributed by atoms with E-state index < -0.39 is 6.10 Å². The molecule has 0 unspecified atom stereocenters. The van der Waals surface area contributed by atoms with Gasteiger partial charge in [-0.05, 0) is 43.4 Å². The Bertz CT molecular complexity index is 572. The Kier molecular flexibility index (Phi) is 6.10. The van der Waals surface area contributed by atoms with Gasteiger partial charge in [-0.25, -0.2) is 0 Å². The van der Waals surface area contributed by atoms with E-state index in [-0.39, 0.29) is 11.9 Å². The van der Waals surface area contributed by atoms with Gasteiger partial charge in [0.25, 0.3) is 5.91 Å². The van der Waals surface area contributed by atoms with E-state index in [1.807, 2.05) is 37.4 Å². The van der Waals surface area contributed by atoms with Gasteiger partial charge in [0.15, 0.2) is 6.10 Å². The van der Waals surface area contributed by atoms with Crippen molar-refractivity contribution >= 4 is 5.91 Å². The predicted octanol–water partition coefficient (Wildman–Crippen LogP) is 2.64. The number of carbonyl (C=O) groups excluding carboxylic acids is 1. The van der Waals surface area contributed by atoms with E-state index in [0.717, 1.165) is 19.3 Å². The van der Waals surface area contributed by atoms with E-state index in [1.165, 1.54) is 5.56 Å². The maximum atomic E-state index is 12.0. The molecule has 0 fully saturated rings. The number of amides is 1. The van der Waals surface area contributed by atoms with Crippen LogP contribution in [0.15, 0.2) is 54.9 Å². The summed E-state index contributed by atoms with van der Waals surface area (Å²) < 4.78 is 0. The maximum absolute atomic E-state index is 12.0. The van der Waals surface area contributed by atoms with Crippen LogP contribution < -0.4 is 5.32 Å². The molecule has 0 radical (unpaired) electrons. The third-order valence-corrected chi connectivity index (χ3v) is 3.58. The Morgan fingerprint density at radius 3 is 2.68 bits per heavy atom. The zero-order chi connectivity index (χ0) is 15.8. The molecule has 0 saturated carbocycles. The molecule has 2 N–H and O–H groups in total. The second-order valence-electron chi connectivity index (χ2n) is 5.48. The lowest BCUT2D eigenvalue weighted by molar-refractivity contribution is -0.130. The van der Waals surface area contributed by atoms with Crippen LogP contribution in [0.3, 0.4) is 0 Å². The summed E-state index contributed by atoms with van der Waals surface area (Å²) in [6.45, 7) is 1.96. The van der Waals surface area contributed by atoms with Gasteiger partial charge in [0.05, 0.1) is 0 Å². The van der Waals surface area contributed by atoms with Crippen molar-refractivity contribution in [1.29, 1.82) is 0 Å². The highest BCUT2D eigenvalue weighted by Crippen LogP contribution is 2.13. The standard InChI is InChI=1S/C18H22N2O2/c1-14(7-5-8-15-9-6-12-19-13-15)20-18(22)17(21)16-10-3-2-4-11-16/h2-4,6,9-14,17,21H,5,7-8H2,1H3,(H,20,22)/t14-,17+/m0/s1. The molecule has 4 nitrogen and oxygen atoms in total. The lowest BCUT2D eigenvalue weighted by Gasteiger charge is -2.17. The molecule has 1 amide bonds. The van der Waals surface area contributed by atoms with Gasteiger partial charge < -0.3 is 10.4 Å². The van der Waals surface area contributed by atoms with Crippen molar-refractivity contribution in [1.82, 2.24) is 10.3 Å². The highest BCUT2D eigenvalue weighted by atomic mass is 16.3. The summed E-state index contributed by atoms with van der Waals surface area (Å²) in [5.74, 6) is -0.347. The van der Waals surface area contributed by atoms with Gasteiger partial charge in [-0.3, -0.25) is 9.78 Å². The summed E-state index contributed by atoms with van der Waals surface area (Å²) in [5.41, 5.74) is 1.81. The maximum Gasteiger partial charge on any atom is 0.253 e. The zero-order valence-electron chi connectivity index (χ0n) is 12.8. The van der Waals surface area contributed by atoms with E-state index in [9.17, 15) is 9.90 Å². The van der Waals surface area contributed by atoms with Crippen molar-refractivity contribution in [3.63, 3.8) is 0 Å². The Labute approximate surface area is 131 Å². The third-order valence-electron chi connectivity index (χ3n) is 3.58. The quantitative estimate of drug-likeness (QED) is 0.826. The van der Waals surface area contributed by atoms with Crippen LogP contribution in [0.4, 0.5) is 0 Å². The van der Waals surface area contributed by atoms with Gasteiger partial charge in [-0.1, -0.05) is 36.4 Å². The second-order valence-corrected chi connectivity index (χ2v) is 5.48. The molecule has 1 aromatic heterocycles. The van der Waals surface area contributed by atoms with E-state index >= 15 is 0 Å². The molecular weight excluding hydrogens is 276 g/mol. The first-order chi connectivity index (χ1) is 10.7. The first-order valence-electron chi connectivity index (χ1n) is 7.59. The summed E-state index contributed by atoms with van der Waals surface area (Å²) in [7, 11) is 0. The zero-order valence-corrected chi connectivity index (χ0v) is 12.8. The van der Waals surface area contributed by atoms with Crippen LogP contribution in [0.2, 0.25) is 0 Å². The Balaban J connectivity index is 1.74. The summed E-state index contributed by atoms with van der Waals surface area (Å²) in [4.78, 5) is 16.1. The molecule has 2 atom stereocenters. The Hall–Kier alpha value is -2.20. The number of aliphatic hydroxyl groups excluding tert-OH is 1. The van der Waals surface area contributed by atoms with Gasteiger partial charge in [0.1, 0.15) is 0 Å². The highest BCUT2D eigenvalue weighted by Gasteiger charge is 2.18. The average molecular weight is 298 g/mol. The van der Waals surface area contributed by atoms with Gasteiger partial charge in [-0.15, -0.1) is 0 Å². The molecule has 0 aliphatic heterocycles. The number of hydrogen-bond donors (Lipinski definition) is 2. The summed E-state index contributed by atoms with van der Waals surface area (Å²) in [5, 5.41) is 12.9. The molecule has 0 saturated heterocycles.